The van der Waals surface area contributed by atoms with Gasteiger partial charge in [0.1, 0.15) is 36.3 Å². The summed E-state index contributed by atoms with van der Waals surface area (Å²) in [5.41, 5.74) is 2.68. The Labute approximate surface area is 222 Å². The summed E-state index contributed by atoms with van der Waals surface area (Å²) in [7, 11) is -3.95. The van der Waals surface area contributed by atoms with E-state index in [0.717, 1.165) is 22.4 Å². The summed E-state index contributed by atoms with van der Waals surface area (Å²) >= 11 is 0. The van der Waals surface area contributed by atoms with E-state index in [1.807, 2.05) is 45.0 Å². The van der Waals surface area contributed by atoms with Crippen LogP contribution in [-0.2, 0) is 26.1 Å². The number of sulfonamides is 1. The fourth-order valence-electron chi connectivity index (χ4n) is 4.10. The highest BCUT2D eigenvalue weighted by atomic mass is 32.2. The monoisotopic (exact) mass is 536 g/mol. The Hall–Kier alpha value is -3.76. The van der Waals surface area contributed by atoms with Crippen molar-refractivity contribution in [1.82, 2.24) is 19.3 Å². The molecule has 9 nitrogen and oxygen atoms in total. The lowest BCUT2D eigenvalue weighted by Crippen LogP contribution is -2.43. The number of aromatic nitrogens is 3. The molecule has 0 aliphatic rings. The number of imidazole rings is 1. The number of nitrogens with zero attached hydrogens (tertiary/aromatic N) is 3. The molecule has 0 unspecified atom stereocenters. The van der Waals surface area contributed by atoms with Crippen molar-refractivity contribution in [2.45, 2.75) is 44.7 Å². The molecular weight excluding hydrogens is 504 g/mol. The fourth-order valence-corrected chi connectivity index (χ4v) is 5.29. The van der Waals surface area contributed by atoms with Gasteiger partial charge in [-0.3, -0.25) is 9.78 Å². The van der Waals surface area contributed by atoms with Gasteiger partial charge in [0.25, 0.3) is 0 Å². The van der Waals surface area contributed by atoms with Crippen LogP contribution in [-0.4, -0.2) is 48.2 Å². The molecule has 0 aliphatic heterocycles. The summed E-state index contributed by atoms with van der Waals surface area (Å²) in [4.78, 5) is 21.5. The Kier molecular flexibility index (Phi) is 8.75. The molecule has 1 N–H and O–H groups in total. The van der Waals surface area contributed by atoms with Gasteiger partial charge in [0.2, 0.25) is 10.0 Å². The van der Waals surface area contributed by atoms with Crippen molar-refractivity contribution in [3.8, 4) is 5.75 Å². The number of esters is 1. The van der Waals surface area contributed by atoms with Crippen molar-refractivity contribution in [2.24, 2.45) is 5.92 Å². The second kappa shape index (κ2) is 12.2. The SMILES string of the molecule is Cc1nc2cnccc2n1Cc1ccc(S(=O)(=O)N[C@@H](CC(C)C)C(=O)OCCOc2ccccc2)cc1. The van der Waals surface area contributed by atoms with Gasteiger partial charge in [0.15, 0.2) is 0 Å². The van der Waals surface area contributed by atoms with Gasteiger partial charge in [0.05, 0.1) is 16.6 Å². The van der Waals surface area contributed by atoms with Crippen LogP contribution in [0.3, 0.4) is 0 Å². The van der Waals surface area contributed by atoms with E-state index in [1.54, 1.807) is 48.8 Å². The van der Waals surface area contributed by atoms with Crippen LogP contribution in [0.4, 0.5) is 0 Å². The van der Waals surface area contributed by atoms with Crippen LogP contribution in [0.2, 0.25) is 0 Å². The smallest absolute Gasteiger partial charge is 0.324 e. The fraction of sp³-hybridized carbons (Fsp3) is 0.321. The molecule has 0 saturated carbocycles. The number of benzene rings is 2. The van der Waals surface area contributed by atoms with Gasteiger partial charge in [0, 0.05) is 12.7 Å². The average molecular weight is 537 g/mol. The third-order valence-electron chi connectivity index (χ3n) is 5.94. The number of carbonyl (C=O) groups is 1. The zero-order valence-electron chi connectivity index (χ0n) is 21.7. The van der Waals surface area contributed by atoms with Crippen LogP contribution in [0, 0.1) is 12.8 Å². The Morgan fingerprint density at radius 2 is 1.76 bits per heavy atom. The van der Waals surface area contributed by atoms with Crippen LogP contribution in [0.15, 0.2) is 78.0 Å². The van der Waals surface area contributed by atoms with Gasteiger partial charge < -0.3 is 14.0 Å². The van der Waals surface area contributed by atoms with Crippen LogP contribution in [0.1, 0.15) is 31.7 Å². The Bertz CT molecular complexity index is 1470. The second-order valence-electron chi connectivity index (χ2n) is 9.39. The quantitative estimate of drug-likeness (QED) is 0.214. The highest BCUT2D eigenvalue weighted by Crippen LogP contribution is 2.19. The minimum Gasteiger partial charge on any atom is -0.490 e. The maximum atomic E-state index is 13.1. The summed E-state index contributed by atoms with van der Waals surface area (Å²) in [6.07, 6.45) is 3.74. The Morgan fingerprint density at radius 3 is 2.47 bits per heavy atom. The molecule has 0 amide bonds. The predicted octanol–water partition coefficient (Wildman–Crippen LogP) is 4.10. The van der Waals surface area contributed by atoms with Gasteiger partial charge >= 0.3 is 5.97 Å². The highest BCUT2D eigenvalue weighted by Gasteiger charge is 2.28. The van der Waals surface area contributed by atoms with Gasteiger partial charge in [-0.2, -0.15) is 4.72 Å². The average Bonchev–Trinajstić information content (AvgIpc) is 3.21. The number of carbonyl (C=O) groups excluding carboxylic acids is 1. The molecule has 1 atom stereocenters. The third-order valence-corrected chi connectivity index (χ3v) is 7.43. The predicted molar refractivity (Wildman–Crippen MR) is 144 cm³/mol. The highest BCUT2D eigenvalue weighted by molar-refractivity contribution is 7.89. The van der Waals surface area contributed by atoms with Gasteiger partial charge in [-0.1, -0.05) is 44.2 Å². The maximum Gasteiger partial charge on any atom is 0.324 e. The largest absolute Gasteiger partial charge is 0.490 e. The summed E-state index contributed by atoms with van der Waals surface area (Å²) in [5.74, 6) is 0.949. The molecule has 2 heterocycles. The van der Waals surface area contributed by atoms with E-state index in [1.165, 1.54) is 0 Å². The molecule has 4 aromatic rings. The lowest BCUT2D eigenvalue weighted by atomic mass is 10.1. The molecule has 4 rings (SSSR count). The number of hydrogen-bond acceptors (Lipinski definition) is 7. The van der Waals surface area contributed by atoms with Crippen molar-refractivity contribution in [3.05, 3.63) is 84.4 Å². The molecule has 0 spiro atoms. The van der Waals surface area contributed by atoms with E-state index < -0.39 is 22.0 Å². The summed E-state index contributed by atoms with van der Waals surface area (Å²) < 4.78 is 41.7. The van der Waals surface area contributed by atoms with Gasteiger partial charge in [-0.15, -0.1) is 0 Å². The number of rotatable bonds is 12. The Balaban J connectivity index is 1.39. The minimum absolute atomic E-state index is 0.0111. The van der Waals surface area contributed by atoms with Crippen molar-refractivity contribution in [3.63, 3.8) is 0 Å². The second-order valence-corrected chi connectivity index (χ2v) is 11.1. The third kappa shape index (κ3) is 6.96. The normalized spacial score (nSPS) is 12.5. The first-order chi connectivity index (χ1) is 18.2. The summed E-state index contributed by atoms with van der Waals surface area (Å²) in [6.45, 7) is 6.47. The molecule has 0 bridgehead atoms. The molecule has 10 heteroatoms. The molecule has 2 aromatic heterocycles. The lowest BCUT2D eigenvalue weighted by Gasteiger charge is -2.19. The molecule has 2 aromatic carbocycles. The molecule has 200 valence electrons. The van der Waals surface area contributed by atoms with Crippen LogP contribution < -0.4 is 9.46 Å². The molecule has 0 radical (unpaired) electrons. The molecular formula is C28H32N4O5S. The van der Waals surface area contributed by atoms with Gasteiger partial charge in [-0.05, 0) is 55.2 Å². The Morgan fingerprint density at radius 1 is 1.03 bits per heavy atom. The van der Waals surface area contributed by atoms with E-state index in [2.05, 4.69) is 19.3 Å². The number of para-hydroxylation sites is 1. The number of hydrogen-bond donors (Lipinski definition) is 1. The first-order valence-corrected chi connectivity index (χ1v) is 13.9. The first kappa shape index (κ1) is 27.3. The zero-order chi connectivity index (χ0) is 27.1. The molecule has 0 aliphatic carbocycles. The number of nitrogens with one attached hydrogen (secondary N) is 1. The number of fused-ring (bicyclic) bond motifs is 1. The van der Waals surface area contributed by atoms with Crippen molar-refractivity contribution in [1.29, 1.82) is 0 Å². The summed E-state index contributed by atoms with van der Waals surface area (Å²) in [5, 5.41) is 0. The topological polar surface area (TPSA) is 112 Å². The molecule has 0 fully saturated rings. The van der Waals surface area contributed by atoms with Crippen molar-refractivity contribution in [2.75, 3.05) is 13.2 Å². The van der Waals surface area contributed by atoms with Gasteiger partial charge in [-0.25, -0.2) is 13.4 Å². The van der Waals surface area contributed by atoms with Crippen LogP contribution in [0.25, 0.3) is 11.0 Å². The number of ether oxygens (including phenoxy) is 2. The van der Waals surface area contributed by atoms with E-state index >= 15 is 0 Å². The number of aryl methyl sites for hydroxylation is 1. The standard InChI is InChI=1S/C28H32N4O5S/c1-20(2)17-25(28(33)37-16-15-36-23-7-5-4-6-8-23)31-38(34,35)24-11-9-22(10-12-24)19-32-21(3)30-26-18-29-14-13-27(26)32/h4-14,18,20,25,31H,15-17,19H2,1-3H3/t25-/m0/s1. The van der Waals surface area contributed by atoms with Crippen molar-refractivity contribution >= 4 is 27.0 Å². The van der Waals surface area contributed by atoms with Crippen molar-refractivity contribution < 1.29 is 22.7 Å². The number of pyridine rings is 1. The lowest BCUT2D eigenvalue weighted by molar-refractivity contribution is -0.146. The molecule has 38 heavy (non-hydrogen) atoms. The molecule has 0 saturated heterocycles. The van der Waals surface area contributed by atoms with Crippen LogP contribution in [0.5, 0.6) is 5.75 Å². The minimum atomic E-state index is -3.95. The van der Waals surface area contributed by atoms with E-state index in [9.17, 15) is 13.2 Å². The first-order valence-electron chi connectivity index (χ1n) is 12.5. The van der Waals surface area contributed by atoms with E-state index in [0.29, 0.717) is 18.7 Å². The maximum absolute atomic E-state index is 13.1. The van der Waals surface area contributed by atoms with Crippen LogP contribution >= 0.6 is 0 Å². The van der Waals surface area contributed by atoms with E-state index in [-0.39, 0.29) is 24.0 Å². The summed E-state index contributed by atoms with van der Waals surface area (Å²) in [6, 6.07) is 16.7. The zero-order valence-corrected chi connectivity index (χ0v) is 22.5. The van der Waals surface area contributed by atoms with E-state index in [4.69, 9.17) is 9.47 Å².